The Morgan fingerprint density at radius 2 is 1.79 bits per heavy atom. The van der Waals surface area contributed by atoms with Crippen LogP contribution in [0.4, 0.5) is 5.69 Å². The number of rotatable bonds is 9. The molecule has 0 spiro atoms. The number of benzene rings is 3. The number of hydrogen-bond donors (Lipinski definition) is 1. The summed E-state index contributed by atoms with van der Waals surface area (Å²) in [6.45, 7) is 2.17. The van der Waals surface area contributed by atoms with Gasteiger partial charge in [0.2, 0.25) is 11.1 Å². The van der Waals surface area contributed by atoms with E-state index in [1.807, 2.05) is 73.7 Å². The molecule has 0 aliphatic rings. The lowest BCUT2D eigenvalue weighted by Gasteiger charge is -2.07. The van der Waals surface area contributed by atoms with E-state index < -0.39 is 0 Å². The van der Waals surface area contributed by atoms with Crippen LogP contribution in [0.15, 0.2) is 89.1 Å². The van der Waals surface area contributed by atoms with Gasteiger partial charge in [0.25, 0.3) is 0 Å². The van der Waals surface area contributed by atoms with E-state index in [0.29, 0.717) is 21.8 Å². The van der Waals surface area contributed by atoms with Crippen LogP contribution in [0.2, 0.25) is 5.02 Å². The van der Waals surface area contributed by atoms with Crippen molar-refractivity contribution in [3.05, 3.63) is 101 Å². The van der Waals surface area contributed by atoms with Crippen molar-refractivity contribution < 1.29 is 9.53 Å². The van der Waals surface area contributed by atoms with E-state index in [4.69, 9.17) is 16.3 Å². The van der Waals surface area contributed by atoms with Gasteiger partial charge < -0.3 is 10.1 Å². The molecule has 0 saturated heterocycles. The van der Waals surface area contributed by atoms with Gasteiger partial charge in [0.15, 0.2) is 5.82 Å². The number of halogens is 1. The van der Waals surface area contributed by atoms with Crippen LogP contribution in [0.5, 0.6) is 5.75 Å². The molecular formula is C25H22ClN5O2S. The Morgan fingerprint density at radius 1 is 1.06 bits per heavy atom. The molecule has 0 aliphatic heterocycles. The number of amides is 1. The quantitative estimate of drug-likeness (QED) is 0.249. The van der Waals surface area contributed by atoms with Gasteiger partial charge in [-0.15, -0.1) is 10.2 Å². The summed E-state index contributed by atoms with van der Waals surface area (Å²) in [5.41, 5.74) is 2.74. The van der Waals surface area contributed by atoms with Crippen molar-refractivity contribution >= 4 is 41.2 Å². The number of carbonyl (C=O) groups excluding carboxylic acids is 1. The largest absolute Gasteiger partial charge is 0.486 e. The molecule has 1 amide bonds. The van der Waals surface area contributed by atoms with E-state index in [1.165, 1.54) is 11.8 Å². The number of para-hydroxylation sites is 1. The Balaban J connectivity index is 1.48. The maximum Gasteiger partial charge on any atom is 0.234 e. The third-order valence-electron chi connectivity index (χ3n) is 4.65. The Hall–Kier alpha value is -3.62. The molecule has 1 heterocycles. The summed E-state index contributed by atoms with van der Waals surface area (Å²) < 4.78 is 7.41. The van der Waals surface area contributed by atoms with Gasteiger partial charge in [0.05, 0.1) is 12.0 Å². The predicted octanol–water partition coefficient (Wildman–Crippen LogP) is 5.43. The fourth-order valence-corrected chi connectivity index (χ4v) is 3.73. The van der Waals surface area contributed by atoms with Gasteiger partial charge in [-0.05, 0) is 48.9 Å². The van der Waals surface area contributed by atoms with Crippen molar-refractivity contribution in [1.82, 2.24) is 14.9 Å². The zero-order valence-electron chi connectivity index (χ0n) is 18.4. The first-order chi connectivity index (χ1) is 16.6. The Bertz CT molecular complexity index is 1260. The summed E-state index contributed by atoms with van der Waals surface area (Å²) in [5, 5.41) is 17.0. The molecule has 0 bridgehead atoms. The monoisotopic (exact) mass is 491 g/mol. The summed E-state index contributed by atoms with van der Waals surface area (Å²) in [6, 6.07) is 24.4. The smallest absolute Gasteiger partial charge is 0.234 e. The number of ether oxygens (including phenoxy) is 1. The lowest BCUT2D eigenvalue weighted by Crippen LogP contribution is -2.14. The molecule has 4 rings (SSSR count). The third-order valence-corrected chi connectivity index (χ3v) is 5.82. The van der Waals surface area contributed by atoms with Crippen LogP contribution in [0, 0.1) is 6.92 Å². The van der Waals surface area contributed by atoms with Crippen molar-refractivity contribution in [3.63, 3.8) is 0 Å². The van der Waals surface area contributed by atoms with Crippen LogP contribution in [0.25, 0.3) is 0 Å². The molecule has 0 unspecified atom stereocenters. The van der Waals surface area contributed by atoms with E-state index in [-0.39, 0.29) is 18.3 Å². The molecule has 34 heavy (non-hydrogen) atoms. The van der Waals surface area contributed by atoms with Gasteiger partial charge in [-0.1, -0.05) is 71.4 Å². The van der Waals surface area contributed by atoms with Crippen molar-refractivity contribution in [3.8, 4) is 5.75 Å². The van der Waals surface area contributed by atoms with Gasteiger partial charge in [-0.25, -0.2) is 0 Å². The van der Waals surface area contributed by atoms with Crippen molar-refractivity contribution in [2.75, 3.05) is 11.1 Å². The highest BCUT2D eigenvalue weighted by atomic mass is 35.5. The van der Waals surface area contributed by atoms with Crippen molar-refractivity contribution in [1.29, 1.82) is 0 Å². The van der Waals surface area contributed by atoms with Crippen LogP contribution in [0.1, 0.15) is 17.0 Å². The SMILES string of the molecule is Cc1ccc(NC(=O)CSc2nnc(COc3ccccc3)n2N=Cc2ccc(Cl)cc2)cc1. The summed E-state index contributed by atoms with van der Waals surface area (Å²) >= 11 is 7.21. The highest BCUT2D eigenvalue weighted by Crippen LogP contribution is 2.20. The highest BCUT2D eigenvalue weighted by Gasteiger charge is 2.15. The summed E-state index contributed by atoms with van der Waals surface area (Å²) in [6.07, 6.45) is 1.68. The molecule has 9 heteroatoms. The fraction of sp³-hybridized carbons (Fsp3) is 0.120. The maximum absolute atomic E-state index is 12.4. The first-order valence-corrected chi connectivity index (χ1v) is 11.8. The second kappa shape index (κ2) is 11.5. The van der Waals surface area contributed by atoms with E-state index in [0.717, 1.165) is 16.8 Å². The number of anilines is 1. The fourth-order valence-electron chi connectivity index (χ4n) is 2.89. The predicted molar refractivity (Wildman–Crippen MR) is 136 cm³/mol. The molecule has 0 aliphatic carbocycles. The van der Waals surface area contributed by atoms with E-state index >= 15 is 0 Å². The number of hydrogen-bond acceptors (Lipinski definition) is 6. The van der Waals surface area contributed by atoms with Crippen LogP contribution >= 0.6 is 23.4 Å². The van der Waals surface area contributed by atoms with Crippen molar-refractivity contribution in [2.45, 2.75) is 18.7 Å². The number of nitrogens with one attached hydrogen (secondary N) is 1. The first-order valence-electron chi connectivity index (χ1n) is 10.5. The molecule has 172 valence electrons. The average molecular weight is 492 g/mol. The molecular weight excluding hydrogens is 470 g/mol. The summed E-state index contributed by atoms with van der Waals surface area (Å²) in [4.78, 5) is 12.4. The number of nitrogens with zero attached hydrogens (tertiary/aromatic N) is 4. The molecule has 3 aromatic carbocycles. The number of aryl methyl sites for hydroxylation is 1. The molecule has 0 radical (unpaired) electrons. The van der Waals surface area contributed by atoms with Gasteiger partial charge in [0, 0.05) is 10.7 Å². The molecule has 0 fully saturated rings. The lowest BCUT2D eigenvalue weighted by atomic mass is 10.2. The maximum atomic E-state index is 12.4. The van der Waals surface area contributed by atoms with Crippen LogP contribution in [-0.4, -0.2) is 32.7 Å². The molecule has 0 atom stereocenters. The second-order valence-electron chi connectivity index (χ2n) is 7.31. The number of aromatic nitrogens is 3. The molecule has 1 N–H and O–H groups in total. The minimum Gasteiger partial charge on any atom is -0.486 e. The van der Waals surface area contributed by atoms with Gasteiger partial charge in [-0.2, -0.15) is 9.78 Å². The zero-order valence-corrected chi connectivity index (χ0v) is 20.0. The van der Waals surface area contributed by atoms with Gasteiger partial charge >= 0.3 is 0 Å². The Kier molecular flexibility index (Phi) is 7.95. The minimum atomic E-state index is -0.146. The normalized spacial score (nSPS) is 11.0. The van der Waals surface area contributed by atoms with Gasteiger partial charge in [0.1, 0.15) is 12.4 Å². The number of carbonyl (C=O) groups is 1. The zero-order chi connectivity index (χ0) is 23.8. The van der Waals surface area contributed by atoms with Crippen molar-refractivity contribution in [2.24, 2.45) is 5.10 Å². The first kappa shape index (κ1) is 23.5. The average Bonchev–Trinajstić information content (AvgIpc) is 3.25. The summed E-state index contributed by atoms with van der Waals surface area (Å²) in [7, 11) is 0. The molecule has 7 nitrogen and oxygen atoms in total. The molecule has 1 aromatic heterocycles. The molecule has 0 saturated carbocycles. The van der Waals surface area contributed by atoms with Gasteiger partial charge in [-0.3, -0.25) is 4.79 Å². The van der Waals surface area contributed by atoms with Crippen LogP contribution in [0.3, 0.4) is 0 Å². The minimum absolute atomic E-state index is 0.146. The second-order valence-corrected chi connectivity index (χ2v) is 8.69. The highest BCUT2D eigenvalue weighted by molar-refractivity contribution is 7.99. The Labute approximate surface area is 206 Å². The topological polar surface area (TPSA) is 81.4 Å². The Morgan fingerprint density at radius 3 is 2.53 bits per heavy atom. The van der Waals surface area contributed by atoms with E-state index in [1.54, 1.807) is 23.0 Å². The van der Waals surface area contributed by atoms with E-state index in [9.17, 15) is 4.79 Å². The lowest BCUT2D eigenvalue weighted by molar-refractivity contribution is -0.113. The van der Waals surface area contributed by atoms with Crippen LogP contribution < -0.4 is 10.1 Å². The third kappa shape index (κ3) is 6.69. The number of thioether (sulfide) groups is 1. The van der Waals surface area contributed by atoms with Crippen LogP contribution in [-0.2, 0) is 11.4 Å². The summed E-state index contributed by atoms with van der Waals surface area (Å²) in [5.74, 6) is 1.23. The standard InChI is InChI=1S/C25H22ClN5O2S/c1-18-7-13-21(14-8-18)28-24(32)17-34-25-30-29-23(16-33-22-5-3-2-4-6-22)31(25)27-15-19-9-11-20(26)12-10-19/h2-15H,16-17H2,1H3,(H,28,32). The molecule has 4 aromatic rings. The van der Waals surface area contributed by atoms with E-state index in [2.05, 4.69) is 20.6 Å².